The molecule has 0 aliphatic carbocycles. The summed E-state index contributed by atoms with van der Waals surface area (Å²) >= 11 is 0. The highest BCUT2D eigenvalue weighted by Crippen LogP contribution is 2.18. The Kier molecular flexibility index (Phi) is 1.90. The number of anilines is 1. The zero-order valence-electron chi connectivity index (χ0n) is 7.12. The molecule has 0 atom stereocenters. The lowest BCUT2D eigenvalue weighted by molar-refractivity contribution is 1.62. The van der Waals surface area contributed by atoms with E-state index in [4.69, 9.17) is 5.73 Å². The van der Waals surface area contributed by atoms with Gasteiger partial charge in [0.1, 0.15) is 0 Å². The van der Waals surface area contributed by atoms with E-state index in [9.17, 15) is 0 Å². The van der Waals surface area contributed by atoms with E-state index in [1.54, 1.807) is 0 Å². The van der Waals surface area contributed by atoms with Crippen molar-refractivity contribution in [3.05, 3.63) is 54.6 Å². The second kappa shape index (κ2) is 3.20. The maximum Gasteiger partial charge on any atom is 0.0314 e. The van der Waals surface area contributed by atoms with Gasteiger partial charge in [0.2, 0.25) is 0 Å². The average Bonchev–Trinajstić information content (AvgIpc) is 2.20. The first-order valence-electron chi connectivity index (χ1n) is 4.10. The van der Waals surface area contributed by atoms with Gasteiger partial charge in [-0.1, -0.05) is 24.3 Å². The van der Waals surface area contributed by atoms with Gasteiger partial charge in [0.15, 0.2) is 0 Å². The molecular weight excluding hydrogens is 158 g/mol. The fourth-order valence-electron chi connectivity index (χ4n) is 1.20. The largest absolute Gasteiger partial charge is 0.399 e. The van der Waals surface area contributed by atoms with Gasteiger partial charge in [-0.2, -0.15) is 0 Å². The number of nitrogens with two attached hydrogens (primary N) is 1. The molecule has 0 saturated heterocycles. The molecule has 0 aliphatic rings. The molecule has 2 N–H and O–H groups in total. The number of benzene rings is 1. The lowest BCUT2D eigenvalue weighted by Crippen LogP contribution is -1.83. The van der Waals surface area contributed by atoms with Gasteiger partial charge in [0.25, 0.3) is 0 Å². The Labute approximate surface area is 77.8 Å². The van der Waals surface area contributed by atoms with Crippen LogP contribution in [0.2, 0.25) is 0 Å². The zero-order chi connectivity index (χ0) is 9.10. The lowest BCUT2D eigenvalue weighted by atomic mass is 10.1. The Morgan fingerprint density at radius 1 is 0.846 bits per heavy atom. The summed E-state index contributed by atoms with van der Waals surface area (Å²) in [5.41, 5.74) is 8.67. The summed E-state index contributed by atoms with van der Waals surface area (Å²) in [4.78, 5) is 0. The molecule has 62 valence electrons. The van der Waals surface area contributed by atoms with Crippen LogP contribution in [-0.2, 0) is 0 Å². The predicted molar refractivity (Wildman–Crippen MR) is 54.0 cm³/mol. The molecule has 0 aliphatic heterocycles. The molecule has 2 rings (SSSR count). The number of nitrogen functional groups attached to an aromatic ring is 1. The van der Waals surface area contributed by atoms with Gasteiger partial charge in [-0.3, -0.25) is 0 Å². The molecule has 0 amide bonds. The first-order valence-corrected chi connectivity index (χ1v) is 4.10. The van der Waals surface area contributed by atoms with Crippen LogP contribution < -0.4 is 5.73 Å². The van der Waals surface area contributed by atoms with Crippen molar-refractivity contribution in [2.24, 2.45) is 0 Å². The molecule has 0 aromatic heterocycles. The third-order valence-electron chi connectivity index (χ3n) is 1.90. The van der Waals surface area contributed by atoms with Crippen molar-refractivity contribution in [1.29, 1.82) is 0 Å². The molecule has 0 bridgehead atoms. The molecule has 1 nitrogen and oxygen atoms in total. The Bertz CT molecular complexity index is 376. The van der Waals surface area contributed by atoms with E-state index in [1.807, 2.05) is 42.5 Å². The van der Waals surface area contributed by atoms with E-state index in [0.717, 1.165) is 16.8 Å². The SMILES string of the molecule is Nc1ccc(-c2cc#ccc2)cc1. The highest BCUT2D eigenvalue weighted by Gasteiger charge is 1.93. The quantitative estimate of drug-likeness (QED) is 0.649. The molecule has 1 heteroatoms. The maximum absolute atomic E-state index is 5.59. The van der Waals surface area contributed by atoms with Crippen molar-refractivity contribution >= 4 is 5.69 Å². The molecule has 13 heavy (non-hydrogen) atoms. The molecule has 0 heterocycles. The summed E-state index contributed by atoms with van der Waals surface area (Å²) in [6.45, 7) is 0. The van der Waals surface area contributed by atoms with E-state index in [-0.39, 0.29) is 0 Å². The third kappa shape index (κ3) is 1.62. The van der Waals surface area contributed by atoms with Gasteiger partial charge < -0.3 is 5.73 Å². The van der Waals surface area contributed by atoms with Crippen LogP contribution >= 0.6 is 0 Å². The van der Waals surface area contributed by atoms with E-state index >= 15 is 0 Å². The van der Waals surface area contributed by atoms with Gasteiger partial charge >= 0.3 is 0 Å². The van der Waals surface area contributed by atoms with E-state index in [0.29, 0.717) is 0 Å². The highest BCUT2D eigenvalue weighted by molar-refractivity contribution is 5.64. The fourth-order valence-corrected chi connectivity index (χ4v) is 1.20. The average molecular weight is 167 g/mol. The summed E-state index contributed by atoms with van der Waals surface area (Å²) < 4.78 is 0. The minimum absolute atomic E-state index is 0.787. The smallest absolute Gasteiger partial charge is 0.0314 e. The van der Waals surface area contributed by atoms with Crippen LogP contribution in [0, 0.1) is 12.1 Å². The van der Waals surface area contributed by atoms with E-state index in [1.165, 1.54) is 0 Å². The van der Waals surface area contributed by atoms with Crippen LogP contribution in [0.3, 0.4) is 0 Å². The van der Waals surface area contributed by atoms with Gasteiger partial charge in [0, 0.05) is 5.69 Å². The van der Waals surface area contributed by atoms with Gasteiger partial charge in [-0.05, 0) is 41.5 Å². The molecule has 0 saturated carbocycles. The topological polar surface area (TPSA) is 26.0 Å². The van der Waals surface area contributed by atoms with Crippen molar-refractivity contribution in [3.8, 4) is 11.1 Å². The predicted octanol–water partition coefficient (Wildman–Crippen LogP) is 2.54. The third-order valence-corrected chi connectivity index (χ3v) is 1.90. The Morgan fingerprint density at radius 2 is 1.62 bits per heavy atom. The Hall–Kier alpha value is -1.94. The van der Waals surface area contributed by atoms with Crippen molar-refractivity contribution in [2.75, 3.05) is 5.73 Å². The van der Waals surface area contributed by atoms with Crippen molar-refractivity contribution in [2.45, 2.75) is 0 Å². The van der Waals surface area contributed by atoms with Crippen molar-refractivity contribution < 1.29 is 0 Å². The molecule has 0 unspecified atom stereocenters. The first-order chi connectivity index (χ1) is 6.36. The summed E-state index contributed by atoms with van der Waals surface area (Å²) in [5.74, 6) is 0. The minimum Gasteiger partial charge on any atom is -0.399 e. The monoisotopic (exact) mass is 167 g/mol. The van der Waals surface area contributed by atoms with Gasteiger partial charge in [0.05, 0.1) is 0 Å². The zero-order valence-corrected chi connectivity index (χ0v) is 7.12. The van der Waals surface area contributed by atoms with Crippen LogP contribution in [0.1, 0.15) is 0 Å². The van der Waals surface area contributed by atoms with Crippen LogP contribution in [-0.4, -0.2) is 0 Å². The van der Waals surface area contributed by atoms with Crippen LogP contribution in [0.4, 0.5) is 5.69 Å². The fraction of sp³-hybridized carbons (Fsp3) is 0. The second-order valence-electron chi connectivity index (χ2n) is 2.84. The highest BCUT2D eigenvalue weighted by atomic mass is 14.5. The Balaban J connectivity index is 2.42. The normalized spacial score (nSPS) is 9.23. The van der Waals surface area contributed by atoms with Crippen LogP contribution in [0.25, 0.3) is 11.1 Å². The molecular formula is C12H9N. The lowest BCUT2D eigenvalue weighted by Gasteiger charge is -1.99. The molecule has 0 fully saturated rings. The summed E-state index contributed by atoms with van der Waals surface area (Å²) in [6, 6.07) is 19.3. The van der Waals surface area contributed by atoms with E-state index in [2.05, 4.69) is 12.1 Å². The van der Waals surface area contributed by atoms with Crippen LogP contribution in [0.5, 0.6) is 0 Å². The number of hydrogen-bond acceptors (Lipinski definition) is 1. The summed E-state index contributed by atoms with van der Waals surface area (Å²) in [7, 11) is 0. The van der Waals surface area contributed by atoms with Crippen molar-refractivity contribution in [1.82, 2.24) is 0 Å². The van der Waals surface area contributed by atoms with Gasteiger partial charge in [-0.25, -0.2) is 0 Å². The second-order valence-corrected chi connectivity index (χ2v) is 2.84. The van der Waals surface area contributed by atoms with Crippen molar-refractivity contribution in [3.63, 3.8) is 0 Å². The summed E-state index contributed by atoms with van der Waals surface area (Å²) in [5, 5.41) is 0. The van der Waals surface area contributed by atoms with Crippen LogP contribution in [0.15, 0.2) is 42.5 Å². The Morgan fingerprint density at radius 3 is 2.23 bits per heavy atom. The number of rotatable bonds is 1. The minimum atomic E-state index is 0.787. The molecule has 0 spiro atoms. The number of hydrogen-bond donors (Lipinski definition) is 1. The molecule has 0 radical (unpaired) electrons. The standard InChI is InChI=1S/C12H9N/c13-12-8-6-11(7-9-12)10-4-2-1-3-5-10/h2,4-9H,13H2. The summed E-state index contributed by atoms with van der Waals surface area (Å²) in [6.07, 6.45) is 0. The molecule has 2 aromatic carbocycles. The first kappa shape index (κ1) is 7.70. The molecule has 2 aromatic rings. The van der Waals surface area contributed by atoms with E-state index < -0.39 is 0 Å². The maximum atomic E-state index is 5.59. The van der Waals surface area contributed by atoms with Gasteiger partial charge in [-0.15, -0.1) is 0 Å².